The summed E-state index contributed by atoms with van der Waals surface area (Å²) in [5.41, 5.74) is 2.59. The second-order valence-corrected chi connectivity index (χ2v) is 7.10. The van der Waals surface area contributed by atoms with Crippen molar-refractivity contribution in [1.29, 1.82) is 0 Å². The van der Waals surface area contributed by atoms with Crippen molar-refractivity contribution in [2.45, 2.75) is 33.1 Å². The lowest BCUT2D eigenvalue weighted by Gasteiger charge is -2.22. The van der Waals surface area contributed by atoms with Gasteiger partial charge in [0.25, 0.3) is 0 Å². The normalized spacial score (nSPS) is 11.6. The van der Waals surface area contributed by atoms with Crippen molar-refractivity contribution in [3.05, 3.63) is 38.8 Å². The van der Waals surface area contributed by atoms with Gasteiger partial charge in [0.05, 0.1) is 9.26 Å². The minimum Gasteiger partial charge on any atom is -0.372 e. The van der Waals surface area contributed by atoms with Crippen molar-refractivity contribution in [2.75, 3.05) is 12.4 Å². The number of hydrogen-bond donors (Lipinski definition) is 1. The van der Waals surface area contributed by atoms with E-state index in [1.807, 2.05) is 14.0 Å². The zero-order valence-electron chi connectivity index (χ0n) is 12.9. The van der Waals surface area contributed by atoms with E-state index in [2.05, 4.69) is 53.7 Å². The third kappa shape index (κ3) is 3.33. The first-order chi connectivity index (χ1) is 9.74. The van der Waals surface area contributed by atoms with Crippen LogP contribution in [0.5, 0.6) is 0 Å². The zero-order valence-corrected chi connectivity index (χ0v) is 15.0. The molecule has 0 unspecified atom stereocenters. The van der Waals surface area contributed by atoms with Crippen molar-refractivity contribution >= 4 is 28.4 Å². The van der Waals surface area contributed by atoms with Crippen molar-refractivity contribution < 1.29 is 4.39 Å². The van der Waals surface area contributed by atoms with Crippen LogP contribution in [0.4, 0.5) is 10.2 Å². The van der Waals surface area contributed by atoms with Gasteiger partial charge in [-0.1, -0.05) is 20.8 Å². The standard InChI is InChI=1S/C16H19FIN3/c1-9-8-10(17)6-7-11(9)14-20-13(16(2,3)4)12(18)15(19-5)21-14/h6-8H,1-5H3,(H,19,20,21). The molecule has 0 aliphatic heterocycles. The lowest BCUT2D eigenvalue weighted by molar-refractivity contribution is 0.564. The van der Waals surface area contributed by atoms with Crippen LogP contribution in [0.2, 0.25) is 0 Å². The van der Waals surface area contributed by atoms with Crippen molar-refractivity contribution in [3.63, 3.8) is 0 Å². The first-order valence-electron chi connectivity index (χ1n) is 6.76. The first-order valence-corrected chi connectivity index (χ1v) is 7.84. The molecule has 21 heavy (non-hydrogen) atoms. The van der Waals surface area contributed by atoms with Gasteiger partial charge >= 0.3 is 0 Å². The molecule has 0 atom stereocenters. The number of nitrogens with one attached hydrogen (secondary N) is 1. The molecule has 2 rings (SSSR count). The minimum absolute atomic E-state index is 0.0895. The monoisotopic (exact) mass is 399 g/mol. The number of hydrogen-bond acceptors (Lipinski definition) is 3. The van der Waals surface area contributed by atoms with Crippen LogP contribution in [0.3, 0.4) is 0 Å². The van der Waals surface area contributed by atoms with Crippen molar-refractivity contribution in [1.82, 2.24) is 9.97 Å². The Labute approximate surface area is 138 Å². The Kier molecular flexibility index (Phi) is 4.51. The third-order valence-electron chi connectivity index (χ3n) is 3.23. The molecular weight excluding hydrogens is 380 g/mol. The van der Waals surface area contributed by atoms with Crippen molar-refractivity contribution in [3.8, 4) is 11.4 Å². The number of aryl methyl sites for hydroxylation is 1. The van der Waals surface area contributed by atoms with Crippen LogP contribution >= 0.6 is 22.6 Å². The predicted octanol–water partition coefficient (Wildman–Crippen LogP) is 4.53. The van der Waals surface area contributed by atoms with Gasteiger partial charge in [-0.2, -0.15) is 0 Å². The second-order valence-electron chi connectivity index (χ2n) is 6.02. The fraction of sp³-hybridized carbons (Fsp3) is 0.375. The van der Waals surface area contributed by atoms with Crippen LogP contribution in [0.1, 0.15) is 32.0 Å². The van der Waals surface area contributed by atoms with Gasteiger partial charge in [-0.25, -0.2) is 14.4 Å². The summed E-state index contributed by atoms with van der Waals surface area (Å²) in [6.07, 6.45) is 0. The van der Waals surface area contributed by atoms with E-state index >= 15 is 0 Å². The summed E-state index contributed by atoms with van der Waals surface area (Å²) in [7, 11) is 1.85. The number of rotatable bonds is 2. The molecule has 1 N–H and O–H groups in total. The largest absolute Gasteiger partial charge is 0.372 e. The fourth-order valence-corrected chi connectivity index (χ4v) is 3.43. The number of benzene rings is 1. The number of aromatic nitrogens is 2. The maximum Gasteiger partial charge on any atom is 0.162 e. The zero-order chi connectivity index (χ0) is 15.8. The maximum atomic E-state index is 13.3. The van der Waals surface area contributed by atoms with Crippen LogP contribution in [-0.2, 0) is 5.41 Å². The first kappa shape index (κ1) is 16.1. The number of nitrogens with zero attached hydrogens (tertiary/aromatic N) is 2. The fourth-order valence-electron chi connectivity index (χ4n) is 2.11. The summed E-state index contributed by atoms with van der Waals surface area (Å²) in [6, 6.07) is 4.69. The van der Waals surface area contributed by atoms with E-state index in [9.17, 15) is 4.39 Å². The van der Waals surface area contributed by atoms with Gasteiger partial charge in [0.15, 0.2) is 5.82 Å². The van der Waals surface area contributed by atoms with Gasteiger partial charge in [-0.15, -0.1) is 0 Å². The summed E-state index contributed by atoms with van der Waals surface area (Å²) in [6.45, 7) is 8.24. The third-order valence-corrected chi connectivity index (χ3v) is 4.25. The molecule has 1 aromatic heterocycles. The van der Waals surface area contributed by atoms with E-state index in [0.29, 0.717) is 5.82 Å². The van der Waals surface area contributed by atoms with Crippen LogP contribution in [0.15, 0.2) is 18.2 Å². The second kappa shape index (κ2) is 5.87. The van der Waals surface area contributed by atoms with E-state index < -0.39 is 0 Å². The van der Waals surface area contributed by atoms with Crippen LogP contribution in [-0.4, -0.2) is 17.0 Å². The van der Waals surface area contributed by atoms with Gasteiger partial charge in [0.1, 0.15) is 11.6 Å². The highest BCUT2D eigenvalue weighted by Crippen LogP contribution is 2.32. The molecule has 0 aliphatic rings. The summed E-state index contributed by atoms with van der Waals surface area (Å²) in [5, 5.41) is 3.12. The maximum absolute atomic E-state index is 13.3. The summed E-state index contributed by atoms with van der Waals surface area (Å²) in [5.74, 6) is 1.18. The Morgan fingerprint density at radius 1 is 1.19 bits per heavy atom. The summed E-state index contributed by atoms with van der Waals surface area (Å²) >= 11 is 2.27. The quantitative estimate of drug-likeness (QED) is 0.754. The van der Waals surface area contributed by atoms with Crippen LogP contribution in [0.25, 0.3) is 11.4 Å². The molecule has 3 nitrogen and oxygen atoms in total. The van der Waals surface area contributed by atoms with Gasteiger partial charge in [-0.3, -0.25) is 0 Å². The molecule has 1 aromatic carbocycles. The molecule has 0 aliphatic carbocycles. The molecule has 0 fully saturated rings. The van der Waals surface area contributed by atoms with E-state index in [1.165, 1.54) is 12.1 Å². The summed E-state index contributed by atoms with van der Waals surface area (Å²) < 4.78 is 14.3. The highest BCUT2D eigenvalue weighted by Gasteiger charge is 2.23. The molecule has 1 heterocycles. The highest BCUT2D eigenvalue weighted by atomic mass is 127. The Hall–Kier alpha value is -1.24. The van der Waals surface area contributed by atoms with Gasteiger partial charge in [-0.05, 0) is 53.3 Å². The highest BCUT2D eigenvalue weighted by molar-refractivity contribution is 14.1. The van der Waals surface area contributed by atoms with Gasteiger partial charge in [0, 0.05) is 18.0 Å². The lowest BCUT2D eigenvalue weighted by atomic mass is 9.91. The molecule has 0 saturated carbocycles. The molecule has 2 aromatic rings. The summed E-state index contributed by atoms with van der Waals surface area (Å²) in [4.78, 5) is 9.31. The molecule has 0 saturated heterocycles. The molecule has 112 valence electrons. The smallest absolute Gasteiger partial charge is 0.162 e. The van der Waals surface area contributed by atoms with Gasteiger partial charge < -0.3 is 5.32 Å². The Morgan fingerprint density at radius 2 is 1.86 bits per heavy atom. The molecule has 0 bridgehead atoms. The Morgan fingerprint density at radius 3 is 2.38 bits per heavy atom. The van der Waals surface area contributed by atoms with E-state index in [4.69, 9.17) is 4.98 Å². The predicted molar refractivity (Wildman–Crippen MR) is 93.1 cm³/mol. The SMILES string of the molecule is CNc1nc(-c2ccc(F)cc2C)nc(C(C)(C)C)c1I. The lowest BCUT2D eigenvalue weighted by Crippen LogP contribution is -2.18. The van der Waals surface area contributed by atoms with E-state index in [-0.39, 0.29) is 11.2 Å². The van der Waals surface area contributed by atoms with Gasteiger partial charge in [0.2, 0.25) is 0 Å². The topological polar surface area (TPSA) is 37.8 Å². The van der Waals surface area contributed by atoms with Crippen LogP contribution < -0.4 is 5.32 Å². The Bertz CT molecular complexity index is 678. The average molecular weight is 399 g/mol. The average Bonchev–Trinajstić information content (AvgIpc) is 2.38. The van der Waals surface area contributed by atoms with E-state index in [0.717, 1.165) is 26.2 Å². The minimum atomic E-state index is -0.244. The van der Waals surface area contributed by atoms with Crippen molar-refractivity contribution in [2.24, 2.45) is 0 Å². The molecule has 0 radical (unpaired) electrons. The molecule has 0 spiro atoms. The molecular formula is C16H19FIN3. The molecule has 5 heteroatoms. The Balaban J connectivity index is 2.70. The van der Waals surface area contributed by atoms with Crippen LogP contribution in [0, 0.1) is 16.3 Å². The molecule has 0 amide bonds. The number of halogens is 2. The van der Waals surface area contributed by atoms with E-state index in [1.54, 1.807) is 6.07 Å². The number of anilines is 1.